The van der Waals surface area contributed by atoms with Crippen LogP contribution in [0.1, 0.15) is 27.2 Å². The molecule has 1 N–H and O–H groups in total. The highest BCUT2D eigenvalue weighted by molar-refractivity contribution is 5.79. The second kappa shape index (κ2) is 8.09. The topological polar surface area (TPSA) is 68.6 Å². The third-order valence-corrected chi connectivity index (χ3v) is 5.14. The highest BCUT2D eigenvalue weighted by Crippen LogP contribution is 2.19. The molecule has 2 atom stereocenters. The predicted octanol–water partition coefficient (Wildman–Crippen LogP) is 0.695. The maximum Gasteiger partial charge on any atom is 0.235 e. The Bertz CT molecular complexity index is 442. The van der Waals surface area contributed by atoms with Crippen LogP contribution in [0.25, 0.3) is 0 Å². The Morgan fingerprint density at radius 3 is 2.65 bits per heavy atom. The molecule has 2 aliphatic heterocycles. The molecule has 2 heterocycles. The molecule has 2 aliphatic rings. The van der Waals surface area contributed by atoms with E-state index in [2.05, 4.69) is 21.2 Å². The molecular formula is C17H30N4O2. The summed E-state index contributed by atoms with van der Waals surface area (Å²) < 4.78 is 5.38. The molecule has 2 fully saturated rings. The van der Waals surface area contributed by atoms with Crippen molar-refractivity contribution in [2.75, 3.05) is 52.5 Å². The molecule has 0 aromatic heterocycles. The Kier molecular flexibility index (Phi) is 6.40. The van der Waals surface area contributed by atoms with Crippen molar-refractivity contribution in [2.24, 2.45) is 11.8 Å². The van der Waals surface area contributed by atoms with E-state index in [1.54, 1.807) is 6.92 Å². The SMILES string of the molecule is CC(C)[C@](C)(C#N)NC(=O)CN1CC[C@H](CN2CCOCC2)C1. The molecule has 2 saturated heterocycles. The quantitative estimate of drug-likeness (QED) is 0.779. The Morgan fingerprint density at radius 2 is 2.04 bits per heavy atom. The van der Waals surface area contributed by atoms with E-state index in [0.717, 1.165) is 52.4 Å². The molecule has 0 unspecified atom stereocenters. The summed E-state index contributed by atoms with van der Waals surface area (Å²) in [6, 6.07) is 2.23. The van der Waals surface area contributed by atoms with Crippen molar-refractivity contribution in [3.05, 3.63) is 0 Å². The first-order chi connectivity index (χ1) is 10.9. The molecule has 1 amide bonds. The van der Waals surface area contributed by atoms with Gasteiger partial charge < -0.3 is 10.1 Å². The maximum absolute atomic E-state index is 12.2. The van der Waals surface area contributed by atoms with Crippen molar-refractivity contribution in [3.63, 3.8) is 0 Å². The molecule has 0 aromatic rings. The molecule has 0 aromatic carbocycles. The van der Waals surface area contributed by atoms with E-state index in [1.165, 1.54) is 0 Å². The number of hydrogen-bond donors (Lipinski definition) is 1. The fourth-order valence-electron chi connectivity index (χ4n) is 3.19. The van der Waals surface area contributed by atoms with Gasteiger partial charge in [0.25, 0.3) is 0 Å². The summed E-state index contributed by atoms with van der Waals surface area (Å²) in [6.07, 6.45) is 1.14. The summed E-state index contributed by atoms with van der Waals surface area (Å²) >= 11 is 0. The van der Waals surface area contributed by atoms with Crippen LogP contribution in [-0.4, -0.2) is 73.7 Å². The number of nitrogens with one attached hydrogen (secondary N) is 1. The standard InChI is InChI=1S/C17H30N4O2/c1-14(2)17(3,13-18)19-16(22)12-21-5-4-15(11-21)10-20-6-8-23-9-7-20/h14-15H,4-12H2,1-3H3,(H,19,22)/t15-,17+/m1/s1. The molecule has 130 valence electrons. The monoisotopic (exact) mass is 322 g/mol. The minimum absolute atomic E-state index is 0.0465. The van der Waals surface area contributed by atoms with Crippen LogP contribution < -0.4 is 5.32 Å². The van der Waals surface area contributed by atoms with E-state index in [0.29, 0.717) is 12.5 Å². The van der Waals surface area contributed by atoms with Crippen LogP contribution in [0.15, 0.2) is 0 Å². The number of hydrogen-bond acceptors (Lipinski definition) is 5. The van der Waals surface area contributed by atoms with E-state index >= 15 is 0 Å². The second-order valence-corrected chi connectivity index (χ2v) is 7.32. The lowest BCUT2D eigenvalue weighted by Crippen LogP contribution is -2.51. The zero-order chi connectivity index (χ0) is 16.9. The van der Waals surface area contributed by atoms with Crippen molar-refractivity contribution in [1.82, 2.24) is 15.1 Å². The summed E-state index contributed by atoms with van der Waals surface area (Å²) in [6.45, 7) is 12.8. The molecule has 6 heteroatoms. The van der Waals surface area contributed by atoms with Gasteiger partial charge in [0.2, 0.25) is 5.91 Å². The van der Waals surface area contributed by atoms with Crippen LogP contribution >= 0.6 is 0 Å². The van der Waals surface area contributed by atoms with Gasteiger partial charge in [-0.2, -0.15) is 5.26 Å². The van der Waals surface area contributed by atoms with Crippen molar-refractivity contribution in [1.29, 1.82) is 5.26 Å². The van der Waals surface area contributed by atoms with Gasteiger partial charge in [-0.3, -0.25) is 14.6 Å². The summed E-state index contributed by atoms with van der Waals surface area (Å²) in [7, 11) is 0. The highest BCUT2D eigenvalue weighted by atomic mass is 16.5. The van der Waals surface area contributed by atoms with Gasteiger partial charge in [-0.25, -0.2) is 0 Å². The van der Waals surface area contributed by atoms with Crippen LogP contribution in [0.2, 0.25) is 0 Å². The van der Waals surface area contributed by atoms with Crippen molar-refractivity contribution in [3.8, 4) is 6.07 Å². The Morgan fingerprint density at radius 1 is 1.35 bits per heavy atom. The van der Waals surface area contributed by atoms with E-state index < -0.39 is 5.54 Å². The van der Waals surface area contributed by atoms with Gasteiger partial charge >= 0.3 is 0 Å². The lowest BCUT2D eigenvalue weighted by Gasteiger charge is -2.29. The fraction of sp³-hybridized carbons (Fsp3) is 0.882. The third kappa shape index (κ3) is 5.17. The number of ether oxygens (including phenoxy) is 1. The number of nitriles is 1. The highest BCUT2D eigenvalue weighted by Gasteiger charge is 2.32. The van der Waals surface area contributed by atoms with Crippen LogP contribution in [0, 0.1) is 23.2 Å². The van der Waals surface area contributed by atoms with Gasteiger partial charge in [0.1, 0.15) is 5.54 Å². The normalized spacial score (nSPS) is 26.0. The number of rotatable bonds is 6. The summed E-state index contributed by atoms with van der Waals surface area (Å²) in [4.78, 5) is 16.9. The minimum Gasteiger partial charge on any atom is -0.379 e. The number of carbonyl (C=O) groups is 1. The van der Waals surface area contributed by atoms with Crippen LogP contribution in [0.3, 0.4) is 0 Å². The molecule has 6 nitrogen and oxygen atoms in total. The molecule has 23 heavy (non-hydrogen) atoms. The molecular weight excluding hydrogens is 292 g/mol. The second-order valence-electron chi connectivity index (χ2n) is 7.32. The molecule has 0 saturated carbocycles. The summed E-state index contributed by atoms with van der Waals surface area (Å²) in [5.74, 6) is 0.673. The van der Waals surface area contributed by atoms with Crippen molar-refractivity contribution in [2.45, 2.75) is 32.7 Å². The molecule has 0 bridgehead atoms. The number of morpholine rings is 1. The zero-order valence-electron chi connectivity index (χ0n) is 14.7. The Hall–Kier alpha value is -1.16. The van der Waals surface area contributed by atoms with Gasteiger partial charge in [0, 0.05) is 26.2 Å². The van der Waals surface area contributed by atoms with Crippen molar-refractivity contribution < 1.29 is 9.53 Å². The van der Waals surface area contributed by atoms with E-state index in [9.17, 15) is 10.1 Å². The first kappa shape index (κ1) is 18.2. The van der Waals surface area contributed by atoms with Gasteiger partial charge in [-0.1, -0.05) is 13.8 Å². The van der Waals surface area contributed by atoms with Gasteiger partial charge in [0.15, 0.2) is 0 Å². The largest absolute Gasteiger partial charge is 0.379 e. The van der Waals surface area contributed by atoms with Gasteiger partial charge in [-0.05, 0) is 31.7 Å². The number of amides is 1. The summed E-state index contributed by atoms with van der Waals surface area (Å²) in [5, 5.41) is 12.2. The fourth-order valence-corrected chi connectivity index (χ4v) is 3.19. The van der Waals surface area contributed by atoms with E-state index in [1.807, 2.05) is 13.8 Å². The number of nitrogens with zero attached hydrogens (tertiary/aromatic N) is 3. The average Bonchev–Trinajstić information content (AvgIpc) is 2.94. The molecule has 0 spiro atoms. The van der Waals surface area contributed by atoms with Crippen LogP contribution in [-0.2, 0) is 9.53 Å². The smallest absolute Gasteiger partial charge is 0.235 e. The van der Waals surface area contributed by atoms with Crippen LogP contribution in [0.4, 0.5) is 0 Å². The lowest BCUT2D eigenvalue weighted by atomic mass is 9.90. The number of likely N-dealkylation sites (tertiary alicyclic amines) is 1. The zero-order valence-corrected chi connectivity index (χ0v) is 14.7. The molecule has 0 radical (unpaired) electrons. The van der Waals surface area contributed by atoms with Crippen LogP contribution in [0.5, 0.6) is 0 Å². The average molecular weight is 322 g/mol. The molecule has 0 aliphatic carbocycles. The van der Waals surface area contributed by atoms with Gasteiger partial charge in [-0.15, -0.1) is 0 Å². The van der Waals surface area contributed by atoms with E-state index in [4.69, 9.17) is 4.74 Å². The third-order valence-electron chi connectivity index (χ3n) is 5.14. The Labute approximate surface area is 139 Å². The van der Waals surface area contributed by atoms with Crippen molar-refractivity contribution >= 4 is 5.91 Å². The summed E-state index contributed by atoms with van der Waals surface area (Å²) in [5.41, 5.74) is -0.788. The lowest BCUT2D eigenvalue weighted by molar-refractivity contribution is -0.123. The predicted molar refractivity (Wildman–Crippen MR) is 88.8 cm³/mol. The first-order valence-corrected chi connectivity index (χ1v) is 8.67. The first-order valence-electron chi connectivity index (χ1n) is 8.67. The maximum atomic E-state index is 12.2. The molecule has 2 rings (SSSR count). The van der Waals surface area contributed by atoms with Gasteiger partial charge in [0.05, 0.1) is 25.8 Å². The Balaban J connectivity index is 1.74. The number of carbonyl (C=O) groups excluding carboxylic acids is 1. The minimum atomic E-state index is -0.788. The van der Waals surface area contributed by atoms with E-state index in [-0.39, 0.29) is 11.8 Å².